The molecule has 4 aromatic rings. The first-order valence-electron chi connectivity index (χ1n) is 11.3. The SMILES string of the molecule is O=C(c1nn(-c2cccc(-c3cccnc3)c2)c2c1CS(=O)(=O)c1ccccc1-2)N1CCOCC1. The molecule has 1 amide bonds. The molecule has 0 N–H and O–H groups in total. The second-order valence-corrected chi connectivity index (χ2v) is 10.5. The topological polar surface area (TPSA) is 94.4 Å². The summed E-state index contributed by atoms with van der Waals surface area (Å²) in [7, 11) is -3.62. The van der Waals surface area contributed by atoms with Crippen molar-refractivity contribution in [3.63, 3.8) is 0 Å². The molecule has 4 heterocycles. The van der Waals surface area contributed by atoms with Crippen LogP contribution in [-0.2, 0) is 20.3 Å². The van der Waals surface area contributed by atoms with Gasteiger partial charge in [-0.2, -0.15) is 5.10 Å². The van der Waals surface area contributed by atoms with Crippen LogP contribution in [0.2, 0.25) is 0 Å². The molecule has 0 spiro atoms. The summed E-state index contributed by atoms with van der Waals surface area (Å²) in [5.74, 6) is -0.547. The number of aromatic nitrogens is 3. The molecule has 0 saturated carbocycles. The quantitative estimate of drug-likeness (QED) is 0.441. The van der Waals surface area contributed by atoms with E-state index in [1.165, 1.54) is 0 Å². The van der Waals surface area contributed by atoms with Crippen molar-refractivity contribution in [2.24, 2.45) is 0 Å². The number of carbonyl (C=O) groups excluding carboxylic acids is 1. The number of rotatable bonds is 3. The third-order valence-corrected chi connectivity index (χ3v) is 8.08. The minimum atomic E-state index is -3.62. The lowest BCUT2D eigenvalue weighted by molar-refractivity contribution is 0.0298. The van der Waals surface area contributed by atoms with E-state index in [1.807, 2.05) is 36.4 Å². The van der Waals surface area contributed by atoms with Crippen LogP contribution in [-0.4, -0.2) is 60.3 Å². The van der Waals surface area contributed by atoms with Gasteiger partial charge in [-0.15, -0.1) is 0 Å². The van der Waals surface area contributed by atoms with Crippen molar-refractivity contribution in [3.8, 4) is 28.1 Å². The van der Waals surface area contributed by atoms with Gasteiger partial charge >= 0.3 is 0 Å². The lowest BCUT2D eigenvalue weighted by Crippen LogP contribution is -2.41. The van der Waals surface area contributed by atoms with Crippen LogP contribution in [0.1, 0.15) is 16.1 Å². The van der Waals surface area contributed by atoms with Crippen molar-refractivity contribution in [2.45, 2.75) is 10.6 Å². The maximum Gasteiger partial charge on any atom is 0.274 e. The summed E-state index contributed by atoms with van der Waals surface area (Å²) in [5, 5.41) is 4.74. The van der Waals surface area contributed by atoms with E-state index in [1.54, 1.807) is 46.2 Å². The molecule has 0 radical (unpaired) electrons. The van der Waals surface area contributed by atoms with Crippen LogP contribution < -0.4 is 0 Å². The summed E-state index contributed by atoms with van der Waals surface area (Å²) in [6, 6.07) is 18.5. The zero-order valence-electron chi connectivity index (χ0n) is 18.8. The monoisotopic (exact) mass is 486 g/mol. The van der Waals surface area contributed by atoms with Crippen LogP contribution >= 0.6 is 0 Å². The van der Waals surface area contributed by atoms with Gasteiger partial charge in [0.05, 0.1) is 35.2 Å². The predicted octanol–water partition coefficient (Wildman–Crippen LogP) is 3.36. The van der Waals surface area contributed by atoms with Gasteiger partial charge in [-0.05, 0) is 29.8 Å². The van der Waals surface area contributed by atoms with Crippen molar-refractivity contribution in [1.82, 2.24) is 19.7 Å². The number of carbonyl (C=O) groups is 1. The van der Waals surface area contributed by atoms with Crippen molar-refractivity contribution < 1.29 is 17.9 Å². The Morgan fingerprint density at radius 2 is 1.74 bits per heavy atom. The summed E-state index contributed by atoms with van der Waals surface area (Å²) >= 11 is 0. The zero-order valence-corrected chi connectivity index (χ0v) is 19.6. The molecular formula is C26H22N4O4S. The highest BCUT2D eigenvalue weighted by atomic mass is 32.2. The van der Waals surface area contributed by atoms with Gasteiger partial charge < -0.3 is 9.64 Å². The minimum absolute atomic E-state index is 0.173. The Hall–Kier alpha value is -3.82. The smallest absolute Gasteiger partial charge is 0.274 e. The van der Waals surface area contributed by atoms with Gasteiger partial charge in [0.2, 0.25) is 0 Å². The Morgan fingerprint density at radius 3 is 2.54 bits per heavy atom. The average molecular weight is 487 g/mol. The van der Waals surface area contributed by atoms with Crippen LogP contribution in [0.25, 0.3) is 28.1 Å². The van der Waals surface area contributed by atoms with Crippen LogP contribution in [0.5, 0.6) is 0 Å². The fourth-order valence-corrected chi connectivity index (χ4v) is 6.29. The lowest BCUT2D eigenvalue weighted by atomic mass is 10.0. The first-order valence-corrected chi connectivity index (χ1v) is 13.0. The molecule has 9 heteroatoms. The van der Waals surface area contributed by atoms with Crippen LogP contribution in [0.4, 0.5) is 0 Å². The number of amides is 1. The van der Waals surface area contributed by atoms with E-state index in [-0.39, 0.29) is 22.2 Å². The Bertz CT molecular complexity index is 1540. The Balaban J connectivity index is 1.57. The molecule has 2 aromatic carbocycles. The maximum absolute atomic E-state index is 13.5. The van der Waals surface area contributed by atoms with E-state index in [0.717, 1.165) is 16.8 Å². The molecule has 0 atom stereocenters. The summed E-state index contributed by atoms with van der Waals surface area (Å²) in [6.45, 7) is 1.78. The summed E-state index contributed by atoms with van der Waals surface area (Å²) in [4.78, 5) is 19.7. The van der Waals surface area contributed by atoms with Gasteiger partial charge in [0.1, 0.15) is 0 Å². The van der Waals surface area contributed by atoms with E-state index in [4.69, 9.17) is 9.84 Å². The second-order valence-electron chi connectivity index (χ2n) is 8.54. The summed E-state index contributed by atoms with van der Waals surface area (Å²) in [5.41, 5.74) is 4.42. The van der Waals surface area contributed by atoms with Crippen LogP contribution in [0.15, 0.2) is 78.0 Å². The highest BCUT2D eigenvalue weighted by molar-refractivity contribution is 7.90. The highest BCUT2D eigenvalue weighted by Gasteiger charge is 2.37. The standard InChI is InChI=1S/C26H22N4O4S/c31-26(29-11-13-34-14-12-29)24-22-17-35(32,33)23-9-2-1-8-21(23)25(22)30(28-24)20-7-3-5-18(15-20)19-6-4-10-27-16-19/h1-10,15-16H,11-14,17H2. The molecular weight excluding hydrogens is 464 g/mol. The zero-order chi connectivity index (χ0) is 24.0. The molecule has 0 bridgehead atoms. The number of sulfone groups is 1. The van der Waals surface area contributed by atoms with E-state index < -0.39 is 9.84 Å². The molecule has 1 fully saturated rings. The number of pyridine rings is 1. The van der Waals surface area contributed by atoms with Gasteiger partial charge in [0, 0.05) is 42.2 Å². The molecule has 2 aliphatic rings. The Kier molecular flexibility index (Phi) is 5.23. The molecule has 2 aliphatic heterocycles. The summed E-state index contributed by atoms with van der Waals surface area (Å²) in [6.07, 6.45) is 3.51. The fraction of sp³-hybridized carbons (Fsp3) is 0.192. The van der Waals surface area contributed by atoms with Gasteiger partial charge in [0.15, 0.2) is 15.5 Å². The van der Waals surface area contributed by atoms with E-state index >= 15 is 0 Å². The largest absolute Gasteiger partial charge is 0.378 e. The minimum Gasteiger partial charge on any atom is -0.378 e. The molecule has 35 heavy (non-hydrogen) atoms. The lowest BCUT2D eigenvalue weighted by Gasteiger charge is -2.26. The van der Waals surface area contributed by atoms with Gasteiger partial charge in [-0.1, -0.05) is 36.4 Å². The first kappa shape index (κ1) is 21.7. The molecule has 1 saturated heterocycles. The van der Waals surface area contributed by atoms with Gasteiger partial charge in [-0.25, -0.2) is 13.1 Å². The molecule has 0 aliphatic carbocycles. The molecule has 176 valence electrons. The number of nitrogens with zero attached hydrogens (tertiary/aromatic N) is 4. The fourth-order valence-electron chi connectivity index (χ4n) is 4.69. The van der Waals surface area contributed by atoms with Crippen molar-refractivity contribution >= 4 is 15.7 Å². The van der Waals surface area contributed by atoms with E-state index in [2.05, 4.69) is 4.98 Å². The van der Waals surface area contributed by atoms with Crippen LogP contribution in [0, 0.1) is 0 Å². The molecule has 8 nitrogen and oxygen atoms in total. The van der Waals surface area contributed by atoms with Gasteiger partial charge in [0.25, 0.3) is 5.91 Å². The number of benzene rings is 2. The number of fused-ring (bicyclic) bond motifs is 3. The highest BCUT2D eigenvalue weighted by Crippen LogP contribution is 2.41. The number of hydrogen-bond acceptors (Lipinski definition) is 6. The molecule has 2 aromatic heterocycles. The number of ether oxygens (including phenoxy) is 1. The van der Waals surface area contributed by atoms with E-state index in [9.17, 15) is 13.2 Å². The van der Waals surface area contributed by atoms with Crippen molar-refractivity contribution in [2.75, 3.05) is 26.3 Å². The van der Waals surface area contributed by atoms with Crippen molar-refractivity contribution in [1.29, 1.82) is 0 Å². The Morgan fingerprint density at radius 1 is 0.943 bits per heavy atom. The normalized spacial score (nSPS) is 16.4. The Labute approximate surface area is 202 Å². The maximum atomic E-state index is 13.5. The predicted molar refractivity (Wildman–Crippen MR) is 130 cm³/mol. The third-order valence-electron chi connectivity index (χ3n) is 6.38. The first-order chi connectivity index (χ1) is 17.0. The summed E-state index contributed by atoms with van der Waals surface area (Å²) < 4.78 is 33.5. The number of morpholine rings is 1. The molecule has 6 rings (SSSR count). The van der Waals surface area contributed by atoms with E-state index in [0.29, 0.717) is 43.1 Å². The van der Waals surface area contributed by atoms with Gasteiger partial charge in [-0.3, -0.25) is 9.78 Å². The number of hydrogen-bond donors (Lipinski definition) is 0. The van der Waals surface area contributed by atoms with Crippen molar-refractivity contribution in [3.05, 3.63) is 84.3 Å². The van der Waals surface area contributed by atoms with Crippen LogP contribution in [0.3, 0.4) is 0 Å². The molecule has 0 unspecified atom stereocenters. The second kappa shape index (κ2) is 8.44. The average Bonchev–Trinajstić information content (AvgIpc) is 3.28. The third kappa shape index (κ3) is 3.73.